The van der Waals surface area contributed by atoms with E-state index >= 15 is 0 Å². The highest BCUT2D eigenvalue weighted by Gasteiger charge is 2.17. The van der Waals surface area contributed by atoms with Crippen LogP contribution in [-0.2, 0) is 9.59 Å². The smallest absolute Gasteiger partial charge is 0.234 e. The van der Waals surface area contributed by atoms with Gasteiger partial charge in [0.2, 0.25) is 22.1 Å². The number of rotatable bonds is 10. The number of carbonyl (C=O) groups is 2. The van der Waals surface area contributed by atoms with Crippen LogP contribution in [0.4, 0.5) is 5.69 Å². The Hall–Kier alpha value is -2.77. The van der Waals surface area contributed by atoms with Crippen molar-refractivity contribution in [1.29, 1.82) is 0 Å². The van der Waals surface area contributed by atoms with E-state index < -0.39 is 0 Å². The minimum atomic E-state index is -0.285. The molecule has 0 unspecified atom stereocenters. The fourth-order valence-electron chi connectivity index (χ4n) is 2.71. The molecule has 0 atom stereocenters. The molecule has 3 rings (SSSR count). The number of carbonyl (C=O) groups excluding carboxylic acids is 2. The molecule has 0 saturated heterocycles. The second-order valence-corrected chi connectivity index (χ2v) is 8.65. The predicted octanol–water partition coefficient (Wildman–Crippen LogP) is 1.92. The minimum absolute atomic E-state index is 0.00119. The Morgan fingerprint density at radius 2 is 1.84 bits per heavy atom. The number of hydrogen-bond acceptors (Lipinski definition) is 9. The van der Waals surface area contributed by atoms with Crippen molar-refractivity contribution in [1.82, 2.24) is 34.5 Å². The van der Waals surface area contributed by atoms with Crippen molar-refractivity contribution in [3.63, 3.8) is 0 Å². The standard InChI is InChI=1S/C18H22ClN9O2S2/c1-3-26(4-2)16(30)9-32-18-25-24-17(28(18)20)31-8-15(29)23-13-7-12(19)5-6-14(13)27-11-21-10-22-27/h5-7,10-11H,3-4,8-9,20H2,1-2H3,(H,23,29). The van der Waals surface area contributed by atoms with Crippen molar-refractivity contribution in [2.45, 2.75) is 24.2 Å². The Labute approximate surface area is 198 Å². The van der Waals surface area contributed by atoms with Gasteiger partial charge in [-0.1, -0.05) is 35.1 Å². The summed E-state index contributed by atoms with van der Waals surface area (Å²) in [5, 5.41) is 16.2. The molecule has 3 N–H and O–H groups in total. The number of amides is 2. The second kappa shape index (κ2) is 11.2. The zero-order chi connectivity index (χ0) is 23.1. The molecule has 0 spiro atoms. The highest BCUT2D eigenvalue weighted by Crippen LogP contribution is 2.25. The summed E-state index contributed by atoms with van der Waals surface area (Å²) in [5.41, 5.74) is 1.12. The first-order valence-corrected chi connectivity index (χ1v) is 12.0. The number of anilines is 1. The Morgan fingerprint density at radius 1 is 1.16 bits per heavy atom. The van der Waals surface area contributed by atoms with Crippen LogP contribution in [0.3, 0.4) is 0 Å². The average Bonchev–Trinajstić information content (AvgIpc) is 3.42. The molecule has 0 saturated carbocycles. The Kier molecular flexibility index (Phi) is 8.36. The van der Waals surface area contributed by atoms with Gasteiger partial charge in [0.25, 0.3) is 0 Å². The fraction of sp³-hybridized carbons (Fsp3) is 0.333. The van der Waals surface area contributed by atoms with E-state index in [4.69, 9.17) is 17.4 Å². The maximum absolute atomic E-state index is 12.5. The van der Waals surface area contributed by atoms with Gasteiger partial charge in [0.05, 0.1) is 22.9 Å². The van der Waals surface area contributed by atoms with Crippen LogP contribution in [0.15, 0.2) is 41.2 Å². The first kappa shape index (κ1) is 23.9. The molecule has 170 valence electrons. The monoisotopic (exact) mass is 495 g/mol. The Bertz CT molecular complexity index is 1070. The van der Waals surface area contributed by atoms with Crippen molar-refractivity contribution < 1.29 is 9.59 Å². The van der Waals surface area contributed by atoms with E-state index in [0.717, 1.165) is 11.8 Å². The first-order chi connectivity index (χ1) is 15.4. The molecule has 1 aromatic carbocycles. The van der Waals surface area contributed by atoms with E-state index in [2.05, 4.69) is 25.6 Å². The molecule has 14 heteroatoms. The van der Waals surface area contributed by atoms with Gasteiger partial charge in [-0.05, 0) is 32.0 Å². The lowest BCUT2D eigenvalue weighted by molar-refractivity contribution is -0.128. The van der Waals surface area contributed by atoms with Gasteiger partial charge in [0.15, 0.2) is 0 Å². The summed E-state index contributed by atoms with van der Waals surface area (Å²) >= 11 is 8.41. The van der Waals surface area contributed by atoms with Crippen molar-refractivity contribution >= 4 is 52.6 Å². The number of thioether (sulfide) groups is 2. The van der Waals surface area contributed by atoms with E-state index in [1.165, 1.54) is 33.8 Å². The largest absolute Gasteiger partial charge is 0.343 e. The van der Waals surface area contributed by atoms with Crippen LogP contribution >= 0.6 is 35.1 Å². The summed E-state index contributed by atoms with van der Waals surface area (Å²) < 4.78 is 2.80. The Morgan fingerprint density at radius 3 is 2.47 bits per heavy atom. The molecule has 32 heavy (non-hydrogen) atoms. The predicted molar refractivity (Wildman–Crippen MR) is 125 cm³/mol. The van der Waals surface area contributed by atoms with E-state index in [9.17, 15) is 9.59 Å². The summed E-state index contributed by atoms with van der Waals surface area (Å²) in [4.78, 5) is 30.3. The van der Waals surface area contributed by atoms with Crippen molar-refractivity contribution in [2.24, 2.45) is 0 Å². The molecule has 0 bridgehead atoms. The fourth-order valence-corrected chi connectivity index (χ4v) is 4.36. The van der Waals surface area contributed by atoms with Gasteiger partial charge in [0, 0.05) is 18.1 Å². The molecule has 2 heterocycles. The molecule has 0 aliphatic carbocycles. The maximum atomic E-state index is 12.5. The summed E-state index contributed by atoms with van der Waals surface area (Å²) in [6, 6.07) is 5.07. The van der Waals surface area contributed by atoms with Gasteiger partial charge in [-0.25, -0.2) is 14.3 Å². The van der Waals surface area contributed by atoms with Gasteiger partial charge < -0.3 is 16.1 Å². The quantitative estimate of drug-likeness (QED) is 0.319. The molecule has 0 fully saturated rings. The summed E-state index contributed by atoms with van der Waals surface area (Å²) in [6.45, 7) is 5.14. The van der Waals surface area contributed by atoms with Crippen LogP contribution < -0.4 is 11.2 Å². The molecule has 0 aliphatic rings. The van der Waals surface area contributed by atoms with Crippen molar-refractivity contribution in [3.8, 4) is 5.69 Å². The highest BCUT2D eigenvalue weighted by atomic mass is 35.5. The average molecular weight is 496 g/mol. The van der Waals surface area contributed by atoms with E-state index in [0.29, 0.717) is 39.8 Å². The molecular weight excluding hydrogens is 474 g/mol. The van der Waals surface area contributed by atoms with Crippen LogP contribution in [0.1, 0.15) is 13.8 Å². The lowest BCUT2D eigenvalue weighted by atomic mass is 10.2. The molecule has 0 aliphatic heterocycles. The lowest BCUT2D eigenvalue weighted by Crippen LogP contribution is -2.32. The van der Waals surface area contributed by atoms with Crippen LogP contribution in [0.5, 0.6) is 0 Å². The topological polar surface area (TPSA) is 137 Å². The van der Waals surface area contributed by atoms with Gasteiger partial charge in [0.1, 0.15) is 12.7 Å². The summed E-state index contributed by atoms with van der Waals surface area (Å²) in [6.07, 6.45) is 2.92. The van der Waals surface area contributed by atoms with Crippen molar-refractivity contribution in [2.75, 3.05) is 35.8 Å². The van der Waals surface area contributed by atoms with E-state index in [1.54, 1.807) is 23.1 Å². The Balaban J connectivity index is 1.58. The number of aromatic nitrogens is 6. The number of halogens is 1. The number of nitrogens with one attached hydrogen (secondary N) is 1. The van der Waals surface area contributed by atoms with Gasteiger partial charge in [-0.15, -0.1) is 10.2 Å². The van der Waals surface area contributed by atoms with Crippen LogP contribution in [0.2, 0.25) is 5.02 Å². The number of hydrogen-bond donors (Lipinski definition) is 2. The van der Waals surface area contributed by atoms with Crippen LogP contribution in [0, 0.1) is 0 Å². The molecular formula is C18H22ClN9O2S2. The second-order valence-electron chi connectivity index (χ2n) is 6.33. The molecule has 2 aromatic heterocycles. The molecule has 2 amide bonds. The van der Waals surface area contributed by atoms with E-state index in [1.807, 2.05) is 13.8 Å². The maximum Gasteiger partial charge on any atom is 0.234 e. The summed E-state index contributed by atoms with van der Waals surface area (Å²) in [7, 11) is 0. The summed E-state index contributed by atoms with van der Waals surface area (Å²) in [5.74, 6) is 6.01. The number of benzene rings is 1. The molecule has 0 radical (unpaired) electrons. The van der Waals surface area contributed by atoms with Gasteiger partial charge >= 0.3 is 0 Å². The zero-order valence-corrected chi connectivity index (χ0v) is 19.8. The number of nitrogens with zero attached hydrogens (tertiary/aromatic N) is 7. The van der Waals surface area contributed by atoms with Crippen LogP contribution in [-0.4, -0.2) is 70.9 Å². The zero-order valence-electron chi connectivity index (χ0n) is 17.4. The minimum Gasteiger partial charge on any atom is -0.343 e. The third-order valence-corrected chi connectivity index (χ3v) is 6.41. The normalized spacial score (nSPS) is 10.8. The third-order valence-electron chi connectivity index (χ3n) is 4.30. The van der Waals surface area contributed by atoms with Gasteiger partial charge in [-0.3, -0.25) is 9.59 Å². The van der Waals surface area contributed by atoms with Gasteiger partial charge in [-0.2, -0.15) is 5.10 Å². The number of nitrogens with two attached hydrogens (primary N) is 1. The van der Waals surface area contributed by atoms with E-state index in [-0.39, 0.29) is 23.3 Å². The molecule has 3 aromatic rings. The van der Waals surface area contributed by atoms with Crippen molar-refractivity contribution in [3.05, 3.63) is 35.9 Å². The SMILES string of the molecule is CCN(CC)C(=O)CSc1nnc(SCC(=O)Nc2cc(Cl)ccc2-n2cncn2)n1N. The highest BCUT2D eigenvalue weighted by molar-refractivity contribution is 8.00. The first-order valence-electron chi connectivity index (χ1n) is 9.61. The number of nitrogen functional groups attached to an aromatic ring is 1. The van der Waals surface area contributed by atoms with Crippen LogP contribution in [0.25, 0.3) is 5.69 Å². The molecule has 11 nitrogen and oxygen atoms in total. The lowest BCUT2D eigenvalue weighted by Gasteiger charge is -2.17. The third kappa shape index (κ3) is 5.93.